The first kappa shape index (κ1) is 13.9. The van der Waals surface area contributed by atoms with Crippen LogP contribution < -0.4 is 4.74 Å². The van der Waals surface area contributed by atoms with E-state index in [1.165, 1.54) is 0 Å². The fourth-order valence-corrected chi connectivity index (χ4v) is 2.25. The predicted molar refractivity (Wildman–Crippen MR) is 75.7 cm³/mol. The summed E-state index contributed by atoms with van der Waals surface area (Å²) in [7, 11) is 1.66. The van der Waals surface area contributed by atoms with Gasteiger partial charge in [0.1, 0.15) is 5.75 Å². The second kappa shape index (κ2) is 6.61. The highest BCUT2D eigenvalue weighted by Crippen LogP contribution is 2.20. The highest BCUT2D eigenvalue weighted by atomic mass is 32.2. The van der Waals surface area contributed by atoms with Crippen molar-refractivity contribution in [1.82, 2.24) is 10.2 Å². The summed E-state index contributed by atoms with van der Waals surface area (Å²) in [5.74, 6) is 3.10. The van der Waals surface area contributed by atoms with Gasteiger partial charge in [-0.2, -0.15) is 0 Å². The molecule has 1 aromatic heterocycles. The second-order valence-electron chi connectivity index (χ2n) is 4.69. The molecule has 0 amide bonds. The molecule has 2 aromatic rings. The van der Waals surface area contributed by atoms with Crippen LogP contribution in [0.1, 0.15) is 25.3 Å². The molecular weight excluding hydrogens is 260 g/mol. The zero-order valence-corrected chi connectivity index (χ0v) is 12.2. The lowest BCUT2D eigenvalue weighted by atomic mass is 10.1. The smallest absolute Gasteiger partial charge is 0.276 e. The van der Waals surface area contributed by atoms with Crippen LogP contribution in [-0.2, 0) is 6.42 Å². The van der Waals surface area contributed by atoms with Crippen molar-refractivity contribution in [2.45, 2.75) is 25.5 Å². The minimum Gasteiger partial charge on any atom is -0.497 e. The molecule has 0 N–H and O–H groups in total. The van der Waals surface area contributed by atoms with Gasteiger partial charge in [-0.3, -0.25) is 0 Å². The van der Waals surface area contributed by atoms with Crippen LogP contribution in [0.3, 0.4) is 0 Å². The molecular formula is C14H18N2O2S. The molecule has 1 heterocycles. The van der Waals surface area contributed by atoms with Crippen LogP contribution in [0.2, 0.25) is 0 Å². The lowest BCUT2D eigenvalue weighted by Crippen LogP contribution is -1.89. The van der Waals surface area contributed by atoms with Gasteiger partial charge in [0.2, 0.25) is 5.89 Å². The zero-order chi connectivity index (χ0) is 13.7. The number of hydrogen-bond acceptors (Lipinski definition) is 5. The number of thioether (sulfide) groups is 1. The quantitative estimate of drug-likeness (QED) is 0.758. The number of nitrogens with zero attached hydrogens (tertiary/aromatic N) is 2. The Morgan fingerprint density at radius 2 is 1.95 bits per heavy atom. The minimum absolute atomic E-state index is 0.613. The Hall–Kier alpha value is -1.49. The fourth-order valence-electron chi connectivity index (χ4n) is 1.52. The van der Waals surface area contributed by atoms with Crippen molar-refractivity contribution in [3.63, 3.8) is 0 Å². The van der Waals surface area contributed by atoms with E-state index in [0.29, 0.717) is 23.5 Å². The number of rotatable bonds is 6. The monoisotopic (exact) mass is 278 g/mol. The number of ether oxygens (including phenoxy) is 1. The van der Waals surface area contributed by atoms with Crippen molar-refractivity contribution < 1.29 is 9.15 Å². The largest absolute Gasteiger partial charge is 0.497 e. The molecule has 0 saturated heterocycles. The Labute approximate surface area is 117 Å². The molecule has 0 atom stereocenters. The van der Waals surface area contributed by atoms with Crippen molar-refractivity contribution >= 4 is 11.8 Å². The highest BCUT2D eigenvalue weighted by Gasteiger charge is 2.08. The Morgan fingerprint density at radius 3 is 2.58 bits per heavy atom. The summed E-state index contributed by atoms with van der Waals surface area (Å²) in [4.78, 5) is 0. The highest BCUT2D eigenvalue weighted by molar-refractivity contribution is 7.99. The maximum atomic E-state index is 5.60. The van der Waals surface area contributed by atoms with Gasteiger partial charge in [-0.1, -0.05) is 37.7 Å². The first-order valence-corrected chi connectivity index (χ1v) is 7.24. The fraction of sp³-hybridized carbons (Fsp3) is 0.429. The van der Waals surface area contributed by atoms with E-state index in [0.717, 1.165) is 17.1 Å². The van der Waals surface area contributed by atoms with E-state index < -0.39 is 0 Å². The molecule has 0 radical (unpaired) electrons. The SMILES string of the molecule is COc1ccc(Cc2nnc(SCC(C)C)o2)cc1. The molecule has 5 heteroatoms. The van der Waals surface area contributed by atoms with Gasteiger partial charge in [0.05, 0.1) is 13.5 Å². The van der Waals surface area contributed by atoms with Gasteiger partial charge in [-0.15, -0.1) is 10.2 Å². The van der Waals surface area contributed by atoms with Crippen LogP contribution in [0.15, 0.2) is 33.9 Å². The summed E-state index contributed by atoms with van der Waals surface area (Å²) in [6, 6.07) is 7.87. The molecule has 0 saturated carbocycles. The molecule has 19 heavy (non-hydrogen) atoms. The van der Waals surface area contributed by atoms with Crippen molar-refractivity contribution in [3.8, 4) is 5.75 Å². The lowest BCUT2D eigenvalue weighted by molar-refractivity contribution is 0.413. The van der Waals surface area contributed by atoms with Gasteiger partial charge >= 0.3 is 0 Å². The predicted octanol–water partition coefficient (Wildman–Crippen LogP) is 3.42. The number of aromatic nitrogens is 2. The molecule has 0 bridgehead atoms. The van der Waals surface area contributed by atoms with Gasteiger partial charge in [0.25, 0.3) is 5.22 Å². The summed E-state index contributed by atoms with van der Waals surface area (Å²) in [5, 5.41) is 8.75. The van der Waals surface area contributed by atoms with Crippen molar-refractivity contribution in [2.24, 2.45) is 5.92 Å². The molecule has 0 spiro atoms. The van der Waals surface area contributed by atoms with Crippen LogP contribution in [0.5, 0.6) is 5.75 Å². The molecule has 0 fully saturated rings. The molecule has 0 aliphatic carbocycles. The van der Waals surface area contributed by atoms with E-state index in [4.69, 9.17) is 9.15 Å². The molecule has 0 unspecified atom stereocenters. The van der Waals surface area contributed by atoms with E-state index in [-0.39, 0.29) is 0 Å². The van der Waals surface area contributed by atoms with Crippen molar-refractivity contribution in [2.75, 3.05) is 12.9 Å². The average Bonchev–Trinajstić information content (AvgIpc) is 2.85. The van der Waals surface area contributed by atoms with E-state index in [9.17, 15) is 0 Å². The summed E-state index contributed by atoms with van der Waals surface area (Å²) < 4.78 is 10.7. The third-order valence-corrected chi connectivity index (χ3v) is 3.75. The maximum absolute atomic E-state index is 5.60. The molecule has 4 nitrogen and oxygen atoms in total. The average molecular weight is 278 g/mol. The van der Waals surface area contributed by atoms with E-state index in [2.05, 4.69) is 24.0 Å². The van der Waals surface area contributed by atoms with Crippen molar-refractivity contribution in [3.05, 3.63) is 35.7 Å². The van der Waals surface area contributed by atoms with Crippen LogP contribution in [0.25, 0.3) is 0 Å². The van der Waals surface area contributed by atoms with Crippen LogP contribution in [0, 0.1) is 5.92 Å². The maximum Gasteiger partial charge on any atom is 0.276 e. The van der Waals surface area contributed by atoms with E-state index >= 15 is 0 Å². The summed E-state index contributed by atoms with van der Waals surface area (Å²) >= 11 is 1.61. The molecule has 0 aliphatic heterocycles. The number of hydrogen-bond donors (Lipinski definition) is 0. The van der Waals surface area contributed by atoms with Gasteiger partial charge in [0, 0.05) is 5.75 Å². The van der Waals surface area contributed by atoms with Crippen LogP contribution in [0.4, 0.5) is 0 Å². The third kappa shape index (κ3) is 4.28. The Bertz CT molecular complexity index is 508. The minimum atomic E-state index is 0.613. The molecule has 2 rings (SSSR count). The summed E-state index contributed by atoms with van der Waals surface area (Å²) in [6.07, 6.45) is 0.652. The summed E-state index contributed by atoms with van der Waals surface area (Å²) in [5.41, 5.74) is 1.13. The number of benzene rings is 1. The number of methoxy groups -OCH3 is 1. The second-order valence-corrected chi connectivity index (χ2v) is 5.66. The van der Waals surface area contributed by atoms with Crippen molar-refractivity contribution in [1.29, 1.82) is 0 Å². The Balaban J connectivity index is 1.95. The Kier molecular flexibility index (Phi) is 4.85. The van der Waals surface area contributed by atoms with Crippen LogP contribution in [-0.4, -0.2) is 23.1 Å². The topological polar surface area (TPSA) is 48.2 Å². The van der Waals surface area contributed by atoms with Gasteiger partial charge in [-0.25, -0.2) is 0 Å². The normalized spacial score (nSPS) is 10.9. The summed E-state index contributed by atoms with van der Waals surface area (Å²) in [6.45, 7) is 4.34. The van der Waals surface area contributed by atoms with E-state index in [1.807, 2.05) is 24.3 Å². The zero-order valence-electron chi connectivity index (χ0n) is 11.4. The third-order valence-electron chi connectivity index (χ3n) is 2.50. The first-order valence-electron chi connectivity index (χ1n) is 6.25. The first-order chi connectivity index (χ1) is 9.17. The molecule has 0 aliphatic rings. The van der Waals surface area contributed by atoms with Gasteiger partial charge in [-0.05, 0) is 23.6 Å². The lowest BCUT2D eigenvalue weighted by Gasteiger charge is -2.01. The van der Waals surface area contributed by atoms with E-state index in [1.54, 1.807) is 18.9 Å². The van der Waals surface area contributed by atoms with Gasteiger partial charge in [0.15, 0.2) is 0 Å². The van der Waals surface area contributed by atoms with Gasteiger partial charge < -0.3 is 9.15 Å². The van der Waals surface area contributed by atoms with Crippen LogP contribution >= 0.6 is 11.8 Å². The molecule has 1 aromatic carbocycles. The molecule has 102 valence electrons. The standard InChI is InChI=1S/C14H18N2O2S/c1-10(2)9-19-14-16-15-13(18-14)8-11-4-6-12(17-3)7-5-11/h4-7,10H,8-9H2,1-3H3. The Morgan fingerprint density at radius 1 is 1.21 bits per heavy atom.